The van der Waals surface area contributed by atoms with Gasteiger partial charge in [0.25, 0.3) is 0 Å². The van der Waals surface area contributed by atoms with Crippen molar-refractivity contribution in [3.05, 3.63) is 64.4 Å². The van der Waals surface area contributed by atoms with Crippen molar-refractivity contribution in [1.29, 1.82) is 0 Å². The van der Waals surface area contributed by atoms with Crippen LogP contribution in [0.5, 0.6) is 5.75 Å². The van der Waals surface area contributed by atoms with E-state index in [1.165, 1.54) is 12.1 Å². The first-order valence-electron chi connectivity index (χ1n) is 7.56. The van der Waals surface area contributed by atoms with E-state index in [0.29, 0.717) is 18.2 Å². The Labute approximate surface area is 166 Å². The number of hydrogen-bond donors (Lipinski definition) is 1. The van der Waals surface area contributed by atoms with Gasteiger partial charge in [-0.3, -0.25) is 0 Å². The summed E-state index contributed by atoms with van der Waals surface area (Å²) >= 11 is 6.08. The minimum absolute atomic E-state index is 0. The van der Waals surface area contributed by atoms with Gasteiger partial charge in [0.1, 0.15) is 18.2 Å². The Morgan fingerprint density at radius 2 is 1.76 bits per heavy atom. The molecule has 0 atom stereocenters. The Morgan fingerprint density at radius 3 is 2.40 bits per heavy atom. The predicted molar refractivity (Wildman–Crippen MR) is 107 cm³/mol. The summed E-state index contributed by atoms with van der Waals surface area (Å²) in [6, 6.07) is 11.9. The highest BCUT2D eigenvalue weighted by molar-refractivity contribution is 6.30. The molecule has 7 heteroatoms. The molecule has 2 rings (SSSR count). The van der Waals surface area contributed by atoms with E-state index >= 15 is 0 Å². The third-order valence-corrected chi connectivity index (χ3v) is 3.62. The highest BCUT2D eigenvalue weighted by Gasteiger charge is 2.06. The molecule has 0 fully saturated rings. The van der Waals surface area contributed by atoms with Crippen molar-refractivity contribution in [1.82, 2.24) is 10.2 Å². The second-order valence-corrected chi connectivity index (χ2v) is 6.08. The number of nitrogens with zero attached hydrogens (tertiary/aromatic N) is 1. The molecule has 2 aromatic rings. The van der Waals surface area contributed by atoms with Gasteiger partial charge >= 0.3 is 0 Å². The summed E-state index contributed by atoms with van der Waals surface area (Å²) in [4.78, 5) is 2.12. The average Bonchev–Trinajstić information content (AvgIpc) is 2.52. The van der Waals surface area contributed by atoms with Crippen LogP contribution in [-0.4, -0.2) is 32.1 Å². The van der Waals surface area contributed by atoms with Crippen LogP contribution in [0.1, 0.15) is 11.1 Å². The molecule has 0 bridgehead atoms. The lowest BCUT2D eigenvalue weighted by Gasteiger charge is -2.14. The molecule has 3 nitrogen and oxygen atoms in total. The molecule has 2 aromatic carbocycles. The number of nitrogens with one attached hydrogen (secondary N) is 1. The van der Waals surface area contributed by atoms with Gasteiger partial charge < -0.3 is 15.0 Å². The minimum Gasteiger partial charge on any atom is -0.489 e. The maximum Gasteiger partial charge on any atom is 0.124 e. The second-order valence-electron chi connectivity index (χ2n) is 5.65. The van der Waals surface area contributed by atoms with Gasteiger partial charge in [0, 0.05) is 30.2 Å². The minimum atomic E-state index is -0.244. The number of benzene rings is 2. The lowest BCUT2D eigenvalue weighted by Crippen LogP contribution is -2.26. The van der Waals surface area contributed by atoms with Gasteiger partial charge in [0.2, 0.25) is 0 Å². The standard InChI is InChI=1S/C18H22ClFN2O.2ClH/c1-22(2)10-9-21-12-15-11-16(19)5-8-18(15)23-13-14-3-6-17(20)7-4-14;;/h3-8,11,21H,9-10,12-13H2,1-2H3;2*1H. The molecule has 0 aliphatic heterocycles. The molecule has 25 heavy (non-hydrogen) atoms. The van der Waals surface area contributed by atoms with E-state index in [1.54, 1.807) is 12.1 Å². The van der Waals surface area contributed by atoms with Crippen LogP contribution >= 0.6 is 36.4 Å². The van der Waals surface area contributed by atoms with Crippen LogP contribution in [-0.2, 0) is 13.2 Å². The van der Waals surface area contributed by atoms with Crippen LogP contribution < -0.4 is 10.1 Å². The highest BCUT2D eigenvalue weighted by atomic mass is 35.5. The van der Waals surface area contributed by atoms with Crippen LogP contribution in [0.3, 0.4) is 0 Å². The van der Waals surface area contributed by atoms with Crippen molar-refractivity contribution in [2.75, 3.05) is 27.2 Å². The van der Waals surface area contributed by atoms with Crippen LogP contribution in [0.4, 0.5) is 4.39 Å². The van der Waals surface area contributed by atoms with Crippen molar-refractivity contribution < 1.29 is 9.13 Å². The van der Waals surface area contributed by atoms with Crippen molar-refractivity contribution in [2.45, 2.75) is 13.2 Å². The molecule has 0 radical (unpaired) electrons. The normalized spacial score (nSPS) is 10.1. The fourth-order valence-corrected chi connectivity index (χ4v) is 2.29. The number of rotatable bonds is 8. The van der Waals surface area contributed by atoms with Crippen LogP contribution in [0.25, 0.3) is 0 Å². The number of hydrogen-bond acceptors (Lipinski definition) is 3. The molecule has 0 spiro atoms. The van der Waals surface area contributed by atoms with Crippen LogP contribution in [0.2, 0.25) is 5.02 Å². The van der Waals surface area contributed by atoms with E-state index in [-0.39, 0.29) is 30.6 Å². The van der Waals surface area contributed by atoms with E-state index in [0.717, 1.165) is 30.0 Å². The molecule has 0 saturated heterocycles. The highest BCUT2D eigenvalue weighted by Crippen LogP contribution is 2.24. The first-order chi connectivity index (χ1) is 11.0. The molecule has 0 amide bonds. The predicted octanol–water partition coefficient (Wildman–Crippen LogP) is 4.55. The summed E-state index contributed by atoms with van der Waals surface area (Å²) in [5, 5.41) is 4.06. The molecule has 0 heterocycles. The summed E-state index contributed by atoms with van der Waals surface area (Å²) in [5.74, 6) is 0.544. The summed E-state index contributed by atoms with van der Waals surface area (Å²) in [5.41, 5.74) is 1.94. The van der Waals surface area contributed by atoms with Gasteiger partial charge in [-0.1, -0.05) is 23.7 Å². The number of halogens is 4. The second kappa shape index (κ2) is 12.3. The zero-order chi connectivity index (χ0) is 16.7. The lowest BCUT2D eigenvalue weighted by molar-refractivity contribution is 0.301. The Bertz CT molecular complexity index is 624. The topological polar surface area (TPSA) is 24.5 Å². The smallest absolute Gasteiger partial charge is 0.124 e. The largest absolute Gasteiger partial charge is 0.489 e. The molecule has 140 valence electrons. The van der Waals surface area contributed by atoms with E-state index in [4.69, 9.17) is 16.3 Å². The Kier molecular flexibility index (Phi) is 11.8. The Morgan fingerprint density at radius 1 is 1.08 bits per heavy atom. The molecule has 0 aliphatic rings. The van der Waals surface area contributed by atoms with Crippen molar-refractivity contribution in [2.24, 2.45) is 0 Å². The average molecular weight is 410 g/mol. The maximum atomic E-state index is 12.9. The van der Waals surface area contributed by atoms with Crippen molar-refractivity contribution >= 4 is 36.4 Å². The zero-order valence-electron chi connectivity index (χ0n) is 14.3. The fourth-order valence-electron chi connectivity index (χ4n) is 2.09. The third kappa shape index (κ3) is 8.75. The first-order valence-corrected chi connectivity index (χ1v) is 7.93. The van der Waals surface area contributed by atoms with Crippen molar-refractivity contribution in [3.8, 4) is 5.75 Å². The molecular weight excluding hydrogens is 386 g/mol. The first kappa shape index (κ1) is 24.0. The molecule has 0 aliphatic carbocycles. The van der Waals surface area contributed by atoms with E-state index in [1.807, 2.05) is 32.3 Å². The maximum absolute atomic E-state index is 12.9. The van der Waals surface area contributed by atoms with E-state index in [9.17, 15) is 4.39 Å². The SMILES string of the molecule is CN(C)CCNCc1cc(Cl)ccc1OCc1ccc(F)cc1.Cl.Cl. The number of likely N-dealkylation sites (N-methyl/N-ethyl adjacent to an activating group) is 1. The van der Waals surface area contributed by atoms with E-state index in [2.05, 4.69) is 10.2 Å². The van der Waals surface area contributed by atoms with Crippen molar-refractivity contribution in [3.63, 3.8) is 0 Å². The zero-order valence-corrected chi connectivity index (χ0v) is 16.7. The summed E-state index contributed by atoms with van der Waals surface area (Å²) in [7, 11) is 4.08. The fraction of sp³-hybridized carbons (Fsp3) is 0.333. The van der Waals surface area contributed by atoms with Gasteiger partial charge in [0.15, 0.2) is 0 Å². The summed E-state index contributed by atoms with van der Waals surface area (Å²) in [6.45, 7) is 2.93. The number of ether oxygens (including phenoxy) is 1. The molecule has 0 aromatic heterocycles. The summed E-state index contributed by atoms with van der Waals surface area (Å²) < 4.78 is 18.8. The van der Waals surface area contributed by atoms with Gasteiger partial charge in [-0.05, 0) is 50.0 Å². The van der Waals surface area contributed by atoms with Gasteiger partial charge in [-0.15, -0.1) is 24.8 Å². The molecule has 1 N–H and O–H groups in total. The lowest BCUT2D eigenvalue weighted by atomic mass is 10.2. The molecule has 0 saturated carbocycles. The third-order valence-electron chi connectivity index (χ3n) is 3.38. The van der Waals surface area contributed by atoms with Gasteiger partial charge in [-0.2, -0.15) is 0 Å². The van der Waals surface area contributed by atoms with Gasteiger partial charge in [-0.25, -0.2) is 4.39 Å². The monoisotopic (exact) mass is 408 g/mol. The van der Waals surface area contributed by atoms with Crippen LogP contribution in [0, 0.1) is 5.82 Å². The Hall–Kier alpha value is -1.04. The summed E-state index contributed by atoms with van der Waals surface area (Å²) in [6.07, 6.45) is 0. The quantitative estimate of drug-likeness (QED) is 0.647. The van der Waals surface area contributed by atoms with Gasteiger partial charge in [0.05, 0.1) is 0 Å². The molecular formula is C18H24Cl3FN2O. The Balaban J connectivity index is 0.00000288. The molecule has 0 unspecified atom stereocenters. The van der Waals surface area contributed by atoms with Crippen LogP contribution in [0.15, 0.2) is 42.5 Å². The van der Waals surface area contributed by atoms with E-state index < -0.39 is 0 Å².